The van der Waals surface area contributed by atoms with Crippen LogP contribution in [0.2, 0.25) is 0 Å². The Morgan fingerprint density at radius 3 is 2.29 bits per heavy atom. The van der Waals surface area contributed by atoms with Gasteiger partial charge in [-0.1, -0.05) is 18.2 Å². The number of phenols is 1. The van der Waals surface area contributed by atoms with E-state index in [1.54, 1.807) is 24.3 Å². The van der Waals surface area contributed by atoms with Crippen LogP contribution in [-0.2, 0) is 12.6 Å². The van der Waals surface area contributed by atoms with Crippen LogP contribution >= 0.6 is 0 Å². The van der Waals surface area contributed by atoms with Gasteiger partial charge in [0.25, 0.3) is 0 Å². The molecular formula is C21H13F5O2. The molecule has 1 unspecified atom stereocenters. The summed E-state index contributed by atoms with van der Waals surface area (Å²) in [6, 6.07) is 12.1. The molecule has 1 aliphatic heterocycles. The highest BCUT2D eigenvalue weighted by Crippen LogP contribution is 2.41. The van der Waals surface area contributed by atoms with Crippen LogP contribution in [0.3, 0.4) is 0 Å². The average molecular weight is 392 g/mol. The Balaban J connectivity index is 1.64. The van der Waals surface area contributed by atoms with E-state index in [2.05, 4.69) is 0 Å². The lowest BCUT2D eigenvalue weighted by atomic mass is 9.97. The van der Waals surface area contributed by atoms with E-state index in [1.165, 1.54) is 6.07 Å². The second kappa shape index (κ2) is 6.51. The van der Waals surface area contributed by atoms with Gasteiger partial charge in [0.15, 0.2) is 17.4 Å². The van der Waals surface area contributed by atoms with E-state index in [-0.39, 0.29) is 12.0 Å². The third kappa shape index (κ3) is 3.28. The van der Waals surface area contributed by atoms with Crippen LogP contribution < -0.4 is 4.74 Å². The van der Waals surface area contributed by atoms with Crippen molar-refractivity contribution in [3.63, 3.8) is 0 Å². The number of hydrogen-bond acceptors (Lipinski definition) is 2. The first-order valence-electron chi connectivity index (χ1n) is 8.37. The number of phenolic OH excluding ortho intramolecular Hbond substituents is 1. The standard InChI is InChI=1S/C21H13F5O2/c22-16-8-13(9-17(23)20(16)27)11-2-1-3-12(6-11)19-10-14-7-15(21(24,25)26)4-5-18(14)28-19/h1-9,19,27H,10H2. The Hall–Kier alpha value is -3.09. The predicted octanol–water partition coefficient (Wildman–Crippen LogP) is 6.03. The maximum absolute atomic E-state index is 13.6. The highest BCUT2D eigenvalue weighted by molar-refractivity contribution is 5.65. The zero-order chi connectivity index (χ0) is 20.1. The molecule has 0 fully saturated rings. The van der Waals surface area contributed by atoms with Crippen molar-refractivity contribution in [2.24, 2.45) is 0 Å². The van der Waals surface area contributed by atoms with Gasteiger partial charge in [0.2, 0.25) is 0 Å². The topological polar surface area (TPSA) is 29.5 Å². The molecular weight excluding hydrogens is 379 g/mol. The van der Waals surface area contributed by atoms with Gasteiger partial charge in [-0.15, -0.1) is 0 Å². The second-order valence-electron chi connectivity index (χ2n) is 6.54. The molecule has 7 heteroatoms. The van der Waals surface area contributed by atoms with E-state index in [4.69, 9.17) is 4.74 Å². The van der Waals surface area contributed by atoms with Crippen LogP contribution in [0.4, 0.5) is 22.0 Å². The van der Waals surface area contributed by atoms with Gasteiger partial charge in [-0.2, -0.15) is 13.2 Å². The quantitative estimate of drug-likeness (QED) is 0.540. The minimum Gasteiger partial charge on any atom is -0.503 e. The van der Waals surface area contributed by atoms with Crippen molar-refractivity contribution in [2.75, 3.05) is 0 Å². The van der Waals surface area contributed by atoms with Gasteiger partial charge < -0.3 is 9.84 Å². The molecule has 0 amide bonds. The maximum atomic E-state index is 13.6. The van der Waals surface area contributed by atoms with Crippen LogP contribution in [0.25, 0.3) is 11.1 Å². The predicted molar refractivity (Wildman–Crippen MR) is 92.0 cm³/mol. The lowest BCUT2D eigenvalue weighted by Crippen LogP contribution is -2.04. The molecule has 0 saturated carbocycles. The Morgan fingerprint density at radius 1 is 0.893 bits per heavy atom. The van der Waals surface area contributed by atoms with Crippen LogP contribution in [0.1, 0.15) is 22.8 Å². The summed E-state index contributed by atoms with van der Waals surface area (Å²) in [7, 11) is 0. The second-order valence-corrected chi connectivity index (χ2v) is 6.54. The summed E-state index contributed by atoms with van der Waals surface area (Å²) in [4.78, 5) is 0. The fourth-order valence-corrected chi connectivity index (χ4v) is 3.26. The molecule has 0 saturated heterocycles. The third-order valence-corrected chi connectivity index (χ3v) is 4.67. The summed E-state index contributed by atoms with van der Waals surface area (Å²) in [5.41, 5.74) is 1.10. The lowest BCUT2D eigenvalue weighted by molar-refractivity contribution is -0.137. The van der Waals surface area contributed by atoms with Crippen LogP contribution in [-0.4, -0.2) is 5.11 Å². The number of aromatic hydroxyl groups is 1. The van der Waals surface area contributed by atoms with Gasteiger partial charge in [-0.25, -0.2) is 8.78 Å². The van der Waals surface area contributed by atoms with E-state index in [9.17, 15) is 27.1 Å². The van der Waals surface area contributed by atoms with E-state index in [1.807, 2.05) is 0 Å². The number of rotatable bonds is 2. The van der Waals surface area contributed by atoms with Crippen molar-refractivity contribution in [1.29, 1.82) is 0 Å². The Kier molecular flexibility index (Phi) is 4.25. The fraction of sp³-hybridized carbons (Fsp3) is 0.143. The number of hydrogen-bond donors (Lipinski definition) is 1. The van der Waals surface area contributed by atoms with Crippen molar-refractivity contribution in [3.05, 3.63) is 82.9 Å². The summed E-state index contributed by atoms with van der Waals surface area (Å²) >= 11 is 0. The van der Waals surface area contributed by atoms with Crippen LogP contribution in [0, 0.1) is 11.6 Å². The maximum Gasteiger partial charge on any atom is 0.416 e. The van der Waals surface area contributed by atoms with Crippen molar-refractivity contribution in [2.45, 2.75) is 18.7 Å². The van der Waals surface area contributed by atoms with Crippen LogP contribution in [0.15, 0.2) is 54.6 Å². The minimum absolute atomic E-state index is 0.226. The summed E-state index contributed by atoms with van der Waals surface area (Å²) in [5, 5.41) is 9.23. The first kappa shape index (κ1) is 18.3. The summed E-state index contributed by atoms with van der Waals surface area (Å²) in [6.07, 6.45) is -4.69. The molecule has 1 heterocycles. The third-order valence-electron chi connectivity index (χ3n) is 4.67. The van der Waals surface area contributed by atoms with Crippen molar-refractivity contribution in [1.82, 2.24) is 0 Å². The number of halogens is 5. The smallest absolute Gasteiger partial charge is 0.416 e. The molecule has 1 N–H and O–H groups in total. The molecule has 4 rings (SSSR count). The normalized spacial score (nSPS) is 16.0. The van der Waals surface area contributed by atoms with Gasteiger partial charge in [-0.3, -0.25) is 0 Å². The van der Waals surface area contributed by atoms with Gasteiger partial charge >= 0.3 is 6.18 Å². The molecule has 0 spiro atoms. The van der Waals surface area contributed by atoms with E-state index >= 15 is 0 Å². The molecule has 144 valence electrons. The zero-order valence-corrected chi connectivity index (χ0v) is 14.2. The van der Waals surface area contributed by atoms with Crippen molar-refractivity contribution in [3.8, 4) is 22.6 Å². The first-order valence-corrected chi connectivity index (χ1v) is 8.37. The molecule has 0 aliphatic carbocycles. The van der Waals surface area contributed by atoms with Crippen molar-refractivity contribution >= 4 is 0 Å². The number of benzene rings is 3. The van der Waals surface area contributed by atoms with Crippen molar-refractivity contribution < 1.29 is 31.8 Å². The molecule has 28 heavy (non-hydrogen) atoms. The summed E-state index contributed by atoms with van der Waals surface area (Å²) in [5.74, 6) is -2.82. The molecule has 1 aliphatic rings. The van der Waals surface area contributed by atoms with Gasteiger partial charge in [0, 0.05) is 6.42 Å². The molecule has 1 atom stereocenters. The largest absolute Gasteiger partial charge is 0.503 e. The summed E-state index contributed by atoms with van der Waals surface area (Å²) in [6.45, 7) is 0. The van der Waals surface area contributed by atoms with Gasteiger partial charge in [-0.05, 0) is 58.7 Å². The monoisotopic (exact) mass is 392 g/mol. The SMILES string of the molecule is Oc1c(F)cc(-c2cccc(C3Cc4cc(C(F)(F)F)ccc4O3)c2)cc1F. The van der Waals surface area contributed by atoms with E-state index < -0.39 is 35.2 Å². The molecule has 3 aromatic carbocycles. The Morgan fingerprint density at radius 2 is 1.61 bits per heavy atom. The number of fused-ring (bicyclic) bond motifs is 1. The van der Waals surface area contributed by atoms with Gasteiger partial charge in [0.05, 0.1) is 5.56 Å². The molecule has 0 aromatic heterocycles. The minimum atomic E-state index is -4.43. The molecule has 3 aromatic rings. The average Bonchev–Trinajstić information content (AvgIpc) is 3.08. The van der Waals surface area contributed by atoms with Gasteiger partial charge in [0.1, 0.15) is 11.9 Å². The Labute approximate surface area is 156 Å². The first-order chi connectivity index (χ1) is 13.2. The summed E-state index contributed by atoms with van der Waals surface area (Å²) < 4.78 is 71.7. The number of alkyl halides is 3. The van der Waals surface area contributed by atoms with E-state index in [0.29, 0.717) is 22.4 Å². The van der Waals surface area contributed by atoms with E-state index in [0.717, 1.165) is 24.3 Å². The molecule has 0 radical (unpaired) electrons. The molecule has 0 bridgehead atoms. The highest BCUT2D eigenvalue weighted by Gasteiger charge is 2.33. The number of ether oxygens (including phenoxy) is 1. The zero-order valence-electron chi connectivity index (χ0n) is 14.2. The van der Waals surface area contributed by atoms with Crippen LogP contribution in [0.5, 0.6) is 11.5 Å². The molecule has 2 nitrogen and oxygen atoms in total. The lowest BCUT2D eigenvalue weighted by Gasteiger charge is -2.13. The fourth-order valence-electron chi connectivity index (χ4n) is 3.26. The Bertz CT molecular complexity index is 1040. The highest BCUT2D eigenvalue weighted by atomic mass is 19.4.